The number of rotatable bonds is 9. The molecule has 3 rings (SSSR count). The van der Waals surface area contributed by atoms with Gasteiger partial charge in [0.2, 0.25) is 0 Å². The first-order valence-electron chi connectivity index (χ1n) is 10.7. The number of likely N-dealkylation sites (tertiary alicyclic amines) is 1. The molecule has 1 aliphatic rings. The maximum Gasteiger partial charge on any atom is -0.00129 e. The van der Waals surface area contributed by atoms with Crippen molar-refractivity contribution in [3.05, 3.63) is 71.3 Å². The topological polar surface area (TPSA) is 3.24 Å². The summed E-state index contributed by atoms with van der Waals surface area (Å²) >= 11 is 0. The highest BCUT2D eigenvalue weighted by atomic mass is 15.1. The molecule has 0 radical (unpaired) electrons. The van der Waals surface area contributed by atoms with Gasteiger partial charge in [-0.25, -0.2) is 0 Å². The van der Waals surface area contributed by atoms with Crippen LogP contribution in [0.15, 0.2) is 54.6 Å². The van der Waals surface area contributed by atoms with Crippen LogP contribution >= 0.6 is 0 Å². The Morgan fingerprint density at radius 3 is 2.12 bits per heavy atom. The second-order valence-electron chi connectivity index (χ2n) is 7.86. The van der Waals surface area contributed by atoms with Gasteiger partial charge in [-0.15, -0.1) is 0 Å². The Hall–Kier alpha value is -1.60. The molecule has 0 spiro atoms. The van der Waals surface area contributed by atoms with Crippen molar-refractivity contribution in [1.82, 2.24) is 4.90 Å². The van der Waals surface area contributed by atoms with Crippen LogP contribution in [0.1, 0.15) is 68.1 Å². The molecule has 1 aliphatic heterocycles. The third-order valence-electron chi connectivity index (χ3n) is 5.98. The Kier molecular flexibility index (Phi) is 7.76. The lowest BCUT2D eigenvalue weighted by Crippen LogP contribution is -2.33. The van der Waals surface area contributed by atoms with E-state index in [1.807, 2.05) is 0 Å². The van der Waals surface area contributed by atoms with Crippen LogP contribution in [0.25, 0.3) is 0 Å². The summed E-state index contributed by atoms with van der Waals surface area (Å²) in [4.78, 5) is 2.68. The average molecular weight is 350 g/mol. The third kappa shape index (κ3) is 5.99. The zero-order valence-corrected chi connectivity index (χ0v) is 16.5. The van der Waals surface area contributed by atoms with Gasteiger partial charge in [0.05, 0.1) is 0 Å². The van der Waals surface area contributed by atoms with Gasteiger partial charge < -0.3 is 4.90 Å². The maximum absolute atomic E-state index is 2.68. The minimum Gasteiger partial charge on any atom is -0.303 e. The van der Waals surface area contributed by atoms with Gasteiger partial charge in [-0.2, -0.15) is 0 Å². The summed E-state index contributed by atoms with van der Waals surface area (Å²) in [7, 11) is 0. The second kappa shape index (κ2) is 10.5. The van der Waals surface area contributed by atoms with Gasteiger partial charge >= 0.3 is 0 Å². The Bertz CT molecular complexity index is 608. The van der Waals surface area contributed by atoms with Crippen LogP contribution in [0.5, 0.6) is 0 Å². The summed E-state index contributed by atoms with van der Waals surface area (Å²) in [5.74, 6) is 0.784. The summed E-state index contributed by atoms with van der Waals surface area (Å²) < 4.78 is 0. The lowest BCUT2D eigenvalue weighted by atomic mass is 9.89. The highest BCUT2D eigenvalue weighted by Crippen LogP contribution is 2.27. The van der Waals surface area contributed by atoms with Crippen LogP contribution in [0.2, 0.25) is 0 Å². The molecule has 0 saturated carbocycles. The molecule has 26 heavy (non-hydrogen) atoms. The Labute approximate surface area is 160 Å². The van der Waals surface area contributed by atoms with Crippen molar-refractivity contribution < 1.29 is 0 Å². The van der Waals surface area contributed by atoms with E-state index in [2.05, 4.69) is 66.4 Å². The standard InChI is InChI=1S/C25H35N/c1-2-22-13-15-23(16-14-22)10-6-3-4-9-19-26-20-17-25(18-21-26)24-11-7-5-8-12-24/h5,7-8,11-16,25H,2-4,6,9-10,17-21H2,1H3. The maximum atomic E-state index is 2.68. The molecule has 0 N–H and O–H groups in total. The number of aryl methyl sites for hydroxylation is 2. The molecule has 1 heterocycles. The summed E-state index contributed by atoms with van der Waals surface area (Å²) in [6.07, 6.45) is 10.5. The molecule has 1 saturated heterocycles. The van der Waals surface area contributed by atoms with E-state index < -0.39 is 0 Å². The fraction of sp³-hybridized carbons (Fsp3) is 0.520. The molecule has 140 valence electrons. The molecule has 1 heteroatoms. The van der Waals surface area contributed by atoms with E-state index in [9.17, 15) is 0 Å². The Morgan fingerprint density at radius 2 is 1.42 bits per heavy atom. The molecule has 0 atom stereocenters. The quantitative estimate of drug-likeness (QED) is 0.485. The second-order valence-corrected chi connectivity index (χ2v) is 7.86. The highest BCUT2D eigenvalue weighted by Gasteiger charge is 2.19. The van der Waals surface area contributed by atoms with Crippen molar-refractivity contribution >= 4 is 0 Å². The first kappa shape index (κ1) is 19.2. The van der Waals surface area contributed by atoms with Crippen LogP contribution in [0.3, 0.4) is 0 Å². The van der Waals surface area contributed by atoms with Crippen molar-refractivity contribution in [1.29, 1.82) is 0 Å². The summed E-state index contributed by atoms with van der Waals surface area (Å²) in [5, 5.41) is 0. The monoisotopic (exact) mass is 349 g/mol. The van der Waals surface area contributed by atoms with E-state index in [0.29, 0.717) is 0 Å². The Balaban J connectivity index is 1.24. The molecule has 0 aliphatic carbocycles. The molecule has 1 nitrogen and oxygen atoms in total. The van der Waals surface area contributed by atoms with Crippen LogP contribution in [-0.4, -0.2) is 24.5 Å². The SMILES string of the molecule is CCc1ccc(CCCCCCN2CCC(c3ccccc3)CC2)cc1. The van der Waals surface area contributed by atoms with E-state index in [-0.39, 0.29) is 0 Å². The first-order valence-corrected chi connectivity index (χ1v) is 10.7. The summed E-state index contributed by atoms with van der Waals surface area (Å²) in [6, 6.07) is 20.3. The number of benzene rings is 2. The number of nitrogens with zero attached hydrogens (tertiary/aromatic N) is 1. The van der Waals surface area contributed by atoms with Gasteiger partial charge in [-0.3, -0.25) is 0 Å². The predicted molar refractivity (Wildman–Crippen MR) is 113 cm³/mol. The molecule has 0 unspecified atom stereocenters. The first-order chi connectivity index (χ1) is 12.8. The molecular formula is C25H35N. The van der Waals surface area contributed by atoms with Crippen LogP contribution in [0, 0.1) is 0 Å². The number of unbranched alkanes of at least 4 members (excludes halogenated alkanes) is 3. The van der Waals surface area contributed by atoms with Gasteiger partial charge in [-0.05, 0) is 80.8 Å². The molecule has 0 aromatic heterocycles. The molecule has 0 bridgehead atoms. The molecule has 1 fully saturated rings. The normalized spacial score (nSPS) is 16.0. The van der Waals surface area contributed by atoms with E-state index in [1.54, 1.807) is 5.56 Å². The third-order valence-corrected chi connectivity index (χ3v) is 5.98. The molecule has 0 amide bonds. The summed E-state index contributed by atoms with van der Waals surface area (Å²) in [6.45, 7) is 6.08. The number of hydrogen-bond acceptors (Lipinski definition) is 1. The number of hydrogen-bond donors (Lipinski definition) is 0. The van der Waals surface area contributed by atoms with Crippen molar-refractivity contribution in [2.45, 2.75) is 64.2 Å². The van der Waals surface area contributed by atoms with Crippen LogP contribution in [-0.2, 0) is 12.8 Å². The minimum absolute atomic E-state index is 0.784. The van der Waals surface area contributed by atoms with Crippen molar-refractivity contribution in [3.63, 3.8) is 0 Å². The summed E-state index contributed by atoms with van der Waals surface area (Å²) in [5.41, 5.74) is 4.49. The van der Waals surface area contributed by atoms with Crippen molar-refractivity contribution in [2.24, 2.45) is 0 Å². The minimum atomic E-state index is 0.784. The molecular weight excluding hydrogens is 314 g/mol. The van der Waals surface area contributed by atoms with E-state index in [4.69, 9.17) is 0 Å². The number of piperidine rings is 1. The fourth-order valence-electron chi connectivity index (χ4n) is 4.17. The highest BCUT2D eigenvalue weighted by molar-refractivity contribution is 5.22. The van der Waals surface area contributed by atoms with Crippen LogP contribution < -0.4 is 0 Å². The van der Waals surface area contributed by atoms with Gasteiger partial charge in [0.1, 0.15) is 0 Å². The van der Waals surface area contributed by atoms with Gasteiger partial charge in [0.25, 0.3) is 0 Å². The average Bonchev–Trinajstić information content (AvgIpc) is 2.72. The lowest BCUT2D eigenvalue weighted by Gasteiger charge is -2.32. The van der Waals surface area contributed by atoms with Crippen molar-refractivity contribution in [2.75, 3.05) is 19.6 Å². The van der Waals surface area contributed by atoms with Gasteiger partial charge in [0, 0.05) is 0 Å². The van der Waals surface area contributed by atoms with E-state index in [0.717, 1.165) is 12.3 Å². The fourth-order valence-corrected chi connectivity index (χ4v) is 4.17. The predicted octanol–water partition coefficient (Wildman–Crippen LogP) is 6.23. The largest absolute Gasteiger partial charge is 0.303 e. The van der Waals surface area contributed by atoms with Gasteiger partial charge in [0.15, 0.2) is 0 Å². The van der Waals surface area contributed by atoms with Crippen LogP contribution in [0.4, 0.5) is 0 Å². The van der Waals surface area contributed by atoms with E-state index >= 15 is 0 Å². The van der Waals surface area contributed by atoms with Crippen molar-refractivity contribution in [3.8, 4) is 0 Å². The lowest BCUT2D eigenvalue weighted by molar-refractivity contribution is 0.208. The Morgan fingerprint density at radius 1 is 0.769 bits per heavy atom. The van der Waals surface area contributed by atoms with E-state index in [1.165, 1.54) is 75.7 Å². The molecule has 2 aromatic rings. The molecule has 2 aromatic carbocycles. The zero-order valence-electron chi connectivity index (χ0n) is 16.5. The van der Waals surface area contributed by atoms with Gasteiger partial charge in [-0.1, -0.05) is 74.4 Å². The zero-order chi connectivity index (χ0) is 18.0. The smallest absolute Gasteiger partial charge is 0.00129 e.